The highest BCUT2D eigenvalue weighted by Crippen LogP contribution is 2.47. The average molecular weight is 212 g/mol. The molecule has 0 atom stereocenters. The zero-order chi connectivity index (χ0) is 11.5. The van der Waals surface area contributed by atoms with Crippen LogP contribution in [0.4, 0.5) is 0 Å². The third-order valence-electron chi connectivity index (χ3n) is 4.12. The molecule has 15 heavy (non-hydrogen) atoms. The highest BCUT2D eigenvalue weighted by Gasteiger charge is 2.47. The number of esters is 1. The smallest absolute Gasteiger partial charge is 0.303 e. The molecule has 1 fully saturated rings. The zero-order valence-electron chi connectivity index (χ0n) is 10.6. The molecule has 0 spiro atoms. The number of rotatable bonds is 3. The van der Waals surface area contributed by atoms with Crippen molar-refractivity contribution in [1.29, 1.82) is 0 Å². The second-order valence-electron chi connectivity index (χ2n) is 5.39. The summed E-state index contributed by atoms with van der Waals surface area (Å²) in [5.74, 6) is -0.126. The van der Waals surface area contributed by atoms with Crippen LogP contribution in [0.15, 0.2) is 0 Å². The van der Waals surface area contributed by atoms with Crippen molar-refractivity contribution < 1.29 is 9.53 Å². The van der Waals surface area contributed by atoms with E-state index in [1.54, 1.807) is 0 Å². The van der Waals surface area contributed by atoms with Crippen molar-refractivity contribution in [3.63, 3.8) is 0 Å². The van der Waals surface area contributed by atoms with Crippen molar-refractivity contribution in [2.75, 3.05) is 0 Å². The lowest BCUT2D eigenvalue weighted by Crippen LogP contribution is -2.49. The van der Waals surface area contributed by atoms with Crippen LogP contribution in [0.1, 0.15) is 66.2 Å². The summed E-state index contributed by atoms with van der Waals surface area (Å²) in [7, 11) is 0. The van der Waals surface area contributed by atoms with Crippen molar-refractivity contribution in [3.05, 3.63) is 0 Å². The van der Waals surface area contributed by atoms with Crippen molar-refractivity contribution in [2.45, 2.75) is 71.8 Å². The summed E-state index contributed by atoms with van der Waals surface area (Å²) in [6.45, 7) is 8.16. The highest BCUT2D eigenvalue weighted by molar-refractivity contribution is 5.66. The lowest BCUT2D eigenvalue weighted by atomic mass is 9.65. The molecule has 1 rings (SSSR count). The molecule has 0 amide bonds. The van der Waals surface area contributed by atoms with Crippen LogP contribution in [0.3, 0.4) is 0 Å². The van der Waals surface area contributed by atoms with Gasteiger partial charge < -0.3 is 4.74 Å². The molecule has 0 aliphatic heterocycles. The lowest BCUT2D eigenvalue weighted by molar-refractivity contribution is -0.179. The minimum absolute atomic E-state index is 0.0963. The van der Waals surface area contributed by atoms with E-state index in [1.165, 1.54) is 26.2 Å². The molecule has 0 heterocycles. The summed E-state index contributed by atoms with van der Waals surface area (Å²) >= 11 is 0. The van der Waals surface area contributed by atoms with Gasteiger partial charge in [0.25, 0.3) is 0 Å². The first-order valence-electron chi connectivity index (χ1n) is 6.13. The van der Waals surface area contributed by atoms with Crippen molar-refractivity contribution in [1.82, 2.24) is 0 Å². The van der Waals surface area contributed by atoms with Gasteiger partial charge in [0.1, 0.15) is 5.60 Å². The third-order valence-corrected chi connectivity index (χ3v) is 4.12. The Morgan fingerprint density at radius 2 is 1.80 bits per heavy atom. The second-order valence-corrected chi connectivity index (χ2v) is 5.39. The monoisotopic (exact) mass is 212 g/mol. The molecule has 2 nitrogen and oxygen atoms in total. The number of carbonyl (C=O) groups is 1. The van der Waals surface area contributed by atoms with Gasteiger partial charge in [-0.3, -0.25) is 4.79 Å². The number of carbonyl (C=O) groups excluding carboxylic acids is 1. The minimum atomic E-state index is -0.203. The maximum Gasteiger partial charge on any atom is 0.303 e. The summed E-state index contributed by atoms with van der Waals surface area (Å²) < 4.78 is 5.70. The predicted molar refractivity (Wildman–Crippen MR) is 61.7 cm³/mol. The molecule has 1 aliphatic carbocycles. The van der Waals surface area contributed by atoms with Crippen LogP contribution in [0.5, 0.6) is 0 Å². The summed E-state index contributed by atoms with van der Waals surface area (Å²) in [5, 5.41) is 0. The predicted octanol–water partition coefficient (Wildman–Crippen LogP) is 3.69. The van der Waals surface area contributed by atoms with Gasteiger partial charge in [-0.25, -0.2) is 0 Å². The largest absolute Gasteiger partial charge is 0.459 e. The molecule has 0 saturated heterocycles. The van der Waals surface area contributed by atoms with Crippen molar-refractivity contribution in [3.8, 4) is 0 Å². The van der Waals surface area contributed by atoms with Crippen LogP contribution in [0, 0.1) is 5.41 Å². The first-order chi connectivity index (χ1) is 6.93. The van der Waals surface area contributed by atoms with Crippen molar-refractivity contribution in [2.24, 2.45) is 5.41 Å². The molecule has 0 aromatic carbocycles. The van der Waals surface area contributed by atoms with Gasteiger partial charge in [-0.1, -0.05) is 27.2 Å². The van der Waals surface area contributed by atoms with E-state index < -0.39 is 0 Å². The third kappa shape index (κ3) is 2.53. The van der Waals surface area contributed by atoms with E-state index in [9.17, 15) is 4.79 Å². The first kappa shape index (κ1) is 12.5. The van der Waals surface area contributed by atoms with Crippen LogP contribution in [0.25, 0.3) is 0 Å². The summed E-state index contributed by atoms with van der Waals surface area (Å²) in [6, 6.07) is 0. The van der Waals surface area contributed by atoms with E-state index in [4.69, 9.17) is 4.74 Å². The van der Waals surface area contributed by atoms with E-state index in [2.05, 4.69) is 20.8 Å². The van der Waals surface area contributed by atoms with Crippen LogP contribution in [-0.4, -0.2) is 11.6 Å². The SMILES string of the molecule is CCC(C)(C)C1(OC(C)=O)CCCCC1. The Bertz CT molecular complexity index is 225. The van der Waals surface area contributed by atoms with Gasteiger partial charge in [0.05, 0.1) is 0 Å². The first-order valence-corrected chi connectivity index (χ1v) is 6.13. The molecule has 0 bridgehead atoms. The van der Waals surface area contributed by atoms with E-state index in [1.807, 2.05) is 0 Å². The lowest BCUT2D eigenvalue weighted by Gasteiger charge is -2.48. The Labute approximate surface area is 93.4 Å². The summed E-state index contributed by atoms with van der Waals surface area (Å²) in [4.78, 5) is 11.3. The second kappa shape index (κ2) is 4.54. The van der Waals surface area contributed by atoms with Gasteiger partial charge >= 0.3 is 5.97 Å². The fourth-order valence-corrected chi connectivity index (χ4v) is 2.64. The van der Waals surface area contributed by atoms with E-state index in [0.717, 1.165) is 19.3 Å². The van der Waals surface area contributed by atoms with Gasteiger partial charge in [-0.05, 0) is 32.1 Å². The maximum absolute atomic E-state index is 11.3. The average Bonchev–Trinajstić information content (AvgIpc) is 2.18. The Morgan fingerprint density at radius 3 is 2.20 bits per heavy atom. The highest BCUT2D eigenvalue weighted by atomic mass is 16.6. The van der Waals surface area contributed by atoms with Crippen LogP contribution < -0.4 is 0 Å². The molecule has 1 aliphatic rings. The van der Waals surface area contributed by atoms with Gasteiger partial charge in [0.15, 0.2) is 0 Å². The zero-order valence-corrected chi connectivity index (χ0v) is 10.6. The van der Waals surface area contributed by atoms with E-state index in [-0.39, 0.29) is 17.0 Å². The standard InChI is InChI=1S/C13H24O2/c1-5-12(3,4)13(15-11(2)14)9-7-6-8-10-13/h5-10H2,1-4H3. The van der Waals surface area contributed by atoms with Gasteiger partial charge in [0.2, 0.25) is 0 Å². The van der Waals surface area contributed by atoms with Gasteiger partial charge in [-0.15, -0.1) is 0 Å². The summed E-state index contributed by atoms with van der Waals surface area (Å²) in [5.41, 5.74) is -0.106. The number of ether oxygens (including phenoxy) is 1. The maximum atomic E-state index is 11.3. The Balaban J connectivity index is 2.88. The van der Waals surface area contributed by atoms with Crippen LogP contribution in [0.2, 0.25) is 0 Å². The molecule has 0 unspecified atom stereocenters. The molecule has 2 heteroatoms. The molecule has 0 aromatic rings. The summed E-state index contributed by atoms with van der Waals surface area (Å²) in [6.07, 6.45) is 6.79. The molecule has 1 saturated carbocycles. The van der Waals surface area contributed by atoms with E-state index >= 15 is 0 Å². The molecule has 0 aromatic heterocycles. The normalized spacial score (nSPS) is 21.1. The number of hydrogen-bond donors (Lipinski definition) is 0. The van der Waals surface area contributed by atoms with Crippen LogP contribution in [-0.2, 0) is 9.53 Å². The number of hydrogen-bond acceptors (Lipinski definition) is 2. The molecule has 0 N–H and O–H groups in total. The minimum Gasteiger partial charge on any atom is -0.459 e. The Hall–Kier alpha value is -0.530. The van der Waals surface area contributed by atoms with E-state index in [0.29, 0.717) is 0 Å². The Morgan fingerprint density at radius 1 is 1.27 bits per heavy atom. The van der Waals surface area contributed by atoms with Gasteiger partial charge in [0, 0.05) is 12.3 Å². The van der Waals surface area contributed by atoms with Crippen molar-refractivity contribution >= 4 is 5.97 Å². The molecular weight excluding hydrogens is 188 g/mol. The van der Waals surface area contributed by atoms with Gasteiger partial charge in [-0.2, -0.15) is 0 Å². The fraction of sp³-hybridized carbons (Fsp3) is 0.923. The Kier molecular flexibility index (Phi) is 3.80. The van der Waals surface area contributed by atoms with Crippen LogP contribution >= 0.6 is 0 Å². The molecule has 88 valence electrons. The molecular formula is C13H24O2. The fourth-order valence-electron chi connectivity index (χ4n) is 2.64. The topological polar surface area (TPSA) is 26.3 Å². The molecule has 0 radical (unpaired) electrons. The quantitative estimate of drug-likeness (QED) is 0.667.